The molecule has 5 rings (SSSR count). The summed E-state index contributed by atoms with van der Waals surface area (Å²) in [6.45, 7) is 5.75. The van der Waals surface area contributed by atoms with E-state index in [4.69, 9.17) is 9.15 Å². The molecule has 1 heterocycles. The summed E-state index contributed by atoms with van der Waals surface area (Å²) in [5.74, 6) is 2.76. The van der Waals surface area contributed by atoms with E-state index in [0.717, 1.165) is 18.1 Å². The lowest BCUT2D eigenvalue weighted by Crippen LogP contribution is -2.50. The van der Waals surface area contributed by atoms with Gasteiger partial charge in [0.05, 0.1) is 25.6 Å². The van der Waals surface area contributed by atoms with Crippen LogP contribution in [0.25, 0.3) is 0 Å². The van der Waals surface area contributed by atoms with Crippen LogP contribution in [0, 0.1) is 17.3 Å². The lowest BCUT2D eigenvalue weighted by atomic mass is 9.49. The predicted octanol–water partition coefficient (Wildman–Crippen LogP) is 5.31. The first-order valence-electron chi connectivity index (χ1n) is 9.89. The van der Waals surface area contributed by atoms with Gasteiger partial charge >= 0.3 is 6.03 Å². The molecule has 1 aromatic heterocycles. The van der Waals surface area contributed by atoms with E-state index in [1.807, 2.05) is 41.3 Å². The largest absolute Gasteiger partial charge is 0.495 e. The molecule has 2 unspecified atom stereocenters. The number of anilines is 1. The first kappa shape index (κ1) is 18.7. The SMILES string of the molecule is COc1ccccc1NC(=O)N(CC1=CCC2CC1C2(C)C)Cc1ccco1. The molecule has 5 heteroatoms. The maximum Gasteiger partial charge on any atom is 0.322 e. The number of ether oxygens (including phenoxy) is 1. The number of nitrogens with zero attached hydrogens (tertiary/aromatic N) is 1. The number of methoxy groups -OCH3 is 1. The number of hydrogen-bond acceptors (Lipinski definition) is 3. The van der Waals surface area contributed by atoms with Crippen LogP contribution in [0.5, 0.6) is 5.75 Å². The van der Waals surface area contributed by atoms with E-state index < -0.39 is 0 Å². The van der Waals surface area contributed by atoms with E-state index in [1.165, 1.54) is 12.0 Å². The molecule has 2 amide bonds. The van der Waals surface area contributed by atoms with Crippen LogP contribution in [0.4, 0.5) is 10.5 Å². The molecule has 3 aliphatic carbocycles. The van der Waals surface area contributed by atoms with Crippen LogP contribution >= 0.6 is 0 Å². The minimum atomic E-state index is -0.152. The molecular formula is C23H28N2O3. The molecule has 0 spiro atoms. The van der Waals surface area contributed by atoms with Crippen molar-refractivity contribution < 1.29 is 13.9 Å². The summed E-state index contributed by atoms with van der Waals surface area (Å²) >= 11 is 0. The highest BCUT2D eigenvalue weighted by Crippen LogP contribution is 2.59. The molecule has 0 saturated heterocycles. The van der Waals surface area contributed by atoms with Crippen molar-refractivity contribution in [3.63, 3.8) is 0 Å². The Balaban J connectivity index is 1.53. The number of allylic oxidation sites excluding steroid dienone is 1. The van der Waals surface area contributed by atoms with Crippen LogP contribution in [-0.4, -0.2) is 24.6 Å². The second-order valence-electron chi connectivity index (χ2n) is 8.39. The maximum absolute atomic E-state index is 13.2. The number of carbonyl (C=O) groups is 1. The third kappa shape index (κ3) is 3.41. The minimum Gasteiger partial charge on any atom is -0.495 e. The van der Waals surface area contributed by atoms with Crippen molar-refractivity contribution in [2.24, 2.45) is 17.3 Å². The van der Waals surface area contributed by atoms with Gasteiger partial charge in [-0.3, -0.25) is 0 Å². The summed E-state index contributed by atoms with van der Waals surface area (Å²) < 4.78 is 10.9. The van der Waals surface area contributed by atoms with Gasteiger partial charge in [0.2, 0.25) is 0 Å². The summed E-state index contributed by atoms with van der Waals surface area (Å²) in [7, 11) is 1.60. The van der Waals surface area contributed by atoms with Crippen molar-refractivity contribution in [2.45, 2.75) is 33.2 Å². The van der Waals surface area contributed by atoms with E-state index in [-0.39, 0.29) is 6.03 Å². The molecule has 2 bridgehead atoms. The van der Waals surface area contributed by atoms with E-state index in [9.17, 15) is 4.79 Å². The molecule has 2 atom stereocenters. The van der Waals surface area contributed by atoms with Gasteiger partial charge in [-0.25, -0.2) is 4.79 Å². The van der Waals surface area contributed by atoms with Crippen molar-refractivity contribution >= 4 is 11.7 Å². The fourth-order valence-corrected chi connectivity index (χ4v) is 4.61. The van der Waals surface area contributed by atoms with Crippen LogP contribution < -0.4 is 10.1 Å². The number of carbonyl (C=O) groups excluding carboxylic acids is 1. The molecule has 1 fully saturated rings. The first-order chi connectivity index (χ1) is 13.5. The molecule has 148 valence electrons. The van der Waals surface area contributed by atoms with Crippen molar-refractivity contribution in [1.29, 1.82) is 0 Å². The van der Waals surface area contributed by atoms with Crippen LogP contribution in [0.3, 0.4) is 0 Å². The number of fused-ring (bicyclic) bond motifs is 1. The topological polar surface area (TPSA) is 54.7 Å². The van der Waals surface area contributed by atoms with Gasteiger partial charge in [0.1, 0.15) is 11.5 Å². The van der Waals surface area contributed by atoms with Gasteiger partial charge in [-0.1, -0.05) is 37.6 Å². The molecule has 0 aliphatic heterocycles. The van der Waals surface area contributed by atoms with Crippen LogP contribution in [0.2, 0.25) is 0 Å². The number of furan rings is 1. The van der Waals surface area contributed by atoms with Gasteiger partial charge in [0, 0.05) is 6.54 Å². The van der Waals surface area contributed by atoms with Crippen molar-refractivity contribution in [3.8, 4) is 5.75 Å². The molecule has 5 nitrogen and oxygen atoms in total. The predicted molar refractivity (Wildman–Crippen MR) is 109 cm³/mol. The lowest BCUT2D eigenvalue weighted by molar-refractivity contribution is -0.00975. The molecule has 3 aliphatic rings. The Labute approximate surface area is 166 Å². The second kappa shape index (κ2) is 7.38. The summed E-state index contributed by atoms with van der Waals surface area (Å²) in [6.07, 6.45) is 6.34. The van der Waals surface area contributed by atoms with Crippen molar-refractivity contribution in [3.05, 3.63) is 60.1 Å². The van der Waals surface area contributed by atoms with Gasteiger partial charge in [0.15, 0.2) is 0 Å². The van der Waals surface area contributed by atoms with Gasteiger partial charge in [0.25, 0.3) is 0 Å². The number of nitrogens with one attached hydrogen (secondary N) is 1. The van der Waals surface area contributed by atoms with Crippen molar-refractivity contribution in [1.82, 2.24) is 4.90 Å². The maximum atomic E-state index is 13.2. The van der Waals surface area contributed by atoms with E-state index in [0.29, 0.717) is 35.9 Å². The zero-order chi connectivity index (χ0) is 19.7. The minimum absolute atomic E-state index is 0.152. The monoisotopic (exact) mass is 380 g/mol. The molecule has 28 heavy (non-hydrogen) atoms. The number of para-hydroxylation sites is 2. The van der Waals surface area contributed by atoms with E-state index >= 15 is 0 Å². The zero-order valence-electron chi connectivity index (χ0n) is 16.8. The van der Waals surface area contributed by atoms with Gasteiger partial charge in [-0.15, -0.1) is 0 Å². The van der Waals surface area contributed by atoms with Crippen LogP contribution in [0.1, 0.15) is 32.4 Å². The van der Waals surface area contributed by atoms with Crippen LogP contribution in [-0.2, 0) is 6.54 Å². The smallest absolute Gasteiger partial charge is 0.322 e. The summed E-state index contributed by atoms with van der Waals surface area (Å²) in [6, 6.07) is 11.1. The summed E-state index contributed by atoms with van der Waals surface area (Å²) in [4.78, 5) is 15.0. The molecular weight excluding hydrogens is 352 g/mol. The zero-order valence-corrected chi connectivity index (χ0v) is 16.8. The number of hydrogen-bond donors (Lipinski definition) is 1. The average Bonchev–Trinajstić information content (AvgIpc) is 3.21. The number of benzene rings is 1. The van der Waals surface area contributed by atoms with Crippen LogP contribution in [0.15, 0.2) is 58.7 Å². The fourth-order valence-electron chi connectivity index (χ4n) is 4.61. The Kier molecular flexibility index (Phi) is 4.92. The normalized spacial score (nSPS) is 22.0. The van der Waals surface area contributed by atoms with E-state index in [1.54, 1.807) is 13.4 Å². The van der Waals surface area contributed by atoms with Gasteiger partial charge in [-0.2, -0.15) is 0 Å². The van der Waals surface area contributed by atoms with Gasteiger partial charge < -0.3 is 19.4 Å². The number of rotatable bonds is 6. The third-order valence-electron chi connectivity index (χ3n) is 6.52. The highest BCUT2D eigenvalue weighted by atomic mass is 16.5. The molecule has 1 saturated carbocycles. The Bertz CT molecular complexity index is 870. The molecule has 2 aromatic rings. The Hall–Kier alpha value is -2.69. The Morgan fingerprint density at radius 2 is 2.07 bits per heavy atom. The van der Waals surface area contributed by atoms with E-state index in [2.05, 4.69) is 25.2 Å². The standard InChI is InChI=1S/C23H28N2O3/c1-23(2)17-11-10-16(19(23)13-17)14-25(15-18-7-6-12-28-18)22(26)24-20-8-4-5-9-21(20)27-3/h4-10,12,17,19H,11,13-15H2,1-3H3,(H,24,26). The molecule has 1 aromatic carbocycles. The van der Waals surface area contributed by atoms with Gasteiger partial charge in [-0.05, 0) is 54.4 Å². The lowest BCUT2D eigenvalue weighted by Gasteiger charge is -2.57. The van der Waals surface area contributed by atoms with Crippen molar-refractivity contribution in [2.75, 3.05) is 19.0 Å². The Morgan fingerprint density at radius 3 is 2.75 bits per heavy atom. The fraction of sp³-hybridized carbons (Fsp3) is 0.435. The Morgan fingerprint density at radius 1 is 1.25 bits per heavy atom. The molecule has 1 N–H and O–H groups in total. The highest BCUT2D eigenvalue weighted by molar-refractivity contribution is 5.91. The molecule has 0 radical (unpaired) electrons. The quantitative estimate of drug-likeness (QED) is 0.691. The third-order valence-corrected chi connectivity index (χ3v) is 6.52. The summed E-state index contributed by atoms with van der Waals surface area (Å²) in [5.41, 5.74) is 2.37. The first-order valence-corrected chi connectivity index (χ1v) is 9.89. The average molecular weight is 380 g/mol. The number of amides is 2. The second-order valence-corrected chi connectivity index (χ2v) is 8.39. The highest BCUT2D eigenvalue weighted by Gasteiger charge is 2.51. The summed E-state index contributed by atoms with van der Waals surface area (Å²) in [5, 5.41) is 3.01. The number of urea groups is 1.